The van der Waals surface area contributed by atoms with Gasteiger partial charge in [-0.1, -0.05) is 24.3 Å². The van der Waals surface area contributed by atoms with Crippen molar-refractivity contribution in [3.05, 3.63) is 35.4 Å². The van der Waals surface area contributed by atoms with E-state index < -0.39 is 0 Å². The van der Waals surface area contributed by atoms with E-state index >= 15 is 0 Å². The summed E-state index contributed by atoms with van der Waals surface area (Å²) in [6.45, 7) is 0.627. The van der Waals surface area contributed by atoms with Crippen molar-refractivity contribution >= 4 is 18.3 Å². The molecular formula is C15H21ClN2O. The summed E-state index contributed by atoms with van der Waals surface area (Å²) in [5, 5.41) is 3.02. The van der Waals surface area contributed by atoms with Crippen LogP contribution in [0.3, 0.4) is 0 Å². The third-order valence-corrected chi connectivity index (χ3v) is 4.19. The van der Waals surface area contributed by atoms with Gasteiger partial charge in [0.05, 0.1) is 5.92 Å². The second-order valence-corrected chi connectivity index (χ2v) is 5.54. The first-order valence-electron chi connectivity index (χ1n) is 6.87. The van der Waals surface area contributed by atoms with Gasteiger partial charge in [0.25, 0.3) is 0 Å². The van der Waals surface area contributed by atoms with Gasteiger partial charge in [-0.05, 0) is 42.7 Å². The second-order valence-electron chi connectivity index (χ2n) is 5.54. The zero-order valence-corrected chi connectivity index (χ0v) is 11.8. The Hall–Kier alpha value is -1.06. The molecule has 1 fully saturated rings. The lowest BCUT2D eigenvalue weighted by molar-refractivity contribution is -0.122. The number of carbonyl (C=O) groups is 1. The molecule has 1 aromatic carbocycles. The molecule has 0 saturated heterocycles. The lowest BCUT2D eigenvalue weighted by atomic mass is 10.0. The maximum atomic E-state index is 12.2. The Kier molecular flexibility index (Phi) is 4.48. The Balaban J connectivity index is 0.00000133. The maximum absolute atomic E-state index is 12.2. The van der Waals surface area contributed by atoms with Gasteiger partial charge in [-0.3, -0.25) is 4.79 Å². The number of halogens is 1. The summed E-state index contributed by atoms with van der Waals surface area (Å²) in [7, 11) is 0. The molecule has 1 amide bonds. The van der Waals surface area contributed by atoms with E-state index in [1.807, 2.05) is 12.1 Å². The Bertz CT molecular complexity index is 459. The molecule has 1 saturated carbocycles. The zero-order valence-electron chi connectivity index (χ0n) is 11.0. The highest BCUT2D eigenvalue weighted by Gasteiger charge is 2.31. The Labute approximate surface area is 120 Å². The number of nitrogens with two attached hydrogens (primary N) is 1. The lowest BCUT2D eigenvalue weighted by Crippen LogP contribution is -2.40. The molecule has 0 aliphatic heterocycles. The summed E-state index contributed by atoms with van der Waals surface area (Å²) < 4.78 is 0. The molecule has 3 rings (SSSR count). The minimum Gasteiger partial charge on any atom is -0.354 e. The average molecular weight is 281 g/mol. The molecule has 1 aromatic rings. The van der Waals surface area contributed by atoms with Crippen LogP contribution in [0.4, 0.5) is 0 Å². The third kappa shape index (κ3) is 3.10. The van der Waals surface area contributed by atoms with Gasteiger partial charge in [0, 0.05) is 12.6 Å². The molecule has 2 unspecified atom stereocenters. The van der Waals surface area contributed by atoms with Gasteiger partial charge < -0.3 is 11.1 Å². The summed E-state index contributed by atoms with van der Waals surface area (Å²) in [4.78, 5) is 12.2. The first-order chi connectivity index (χ1) is 8.75. The van der Waals surface area contributed by atoms with E-state index in [0.717, 1.165) is 12.8 Å². The van der Waals surface area contributed by atoms with E-state index in [4.69, 9.17) is 5.73 Å². The van der Waals surface area contributed by atoms with Crippen LogP contribution in [0, 0.1) is 5.92 Å². The number of hydrogen-bond acceptors (Lipinski definition) is 2. The SMILES string of the molecule is Cl.NC(CNC(=O)C1CCc2ccccc21)C1CC1. The molecule has 4 heteroatoms. The van der Waals surface area contributed by atoms with Crippen LogP contribution in [-0.4, -0.2) is 18.5 Å². The maximum Gasteiger partial charge on any atom is 0.227 e. The number of benzene rings is 1. The van der Waals surface area contributed by atoms with Gasteiger partial charge in [0.2, 0.25) is 5.91 Å². The van der Waals surface area contributed by atoms with E-state index in [1.165, 1.54) is 24.0 Å². The Morgan fingerprint density at radius 3 is 2.79 bits per heavy atom. The van der Waals surface area contributed by atoms with Crippen LogP contribution in [0.2, 0.25) is 0 Å². The molecule has 104 valence electrons. The Morgan fingerprint density at radius 2 is 2.05 bits per heavy atom. The van der Waals surface area contributed by atoms with E-state index in [9.17, 15) is 4.79 Å². The lowest BCUT2D eigenvalue weighted by Gasteiger charge is -2.15. The van der Waals surface area contributed by atoms with Crippen molar-refractivity contribution in [3.8, 4) is 0 Å². The highest BCUT2D eigenvalue weighted by atomic mass is 35.5. The molecule has 2 aliphatic rings. The number of amides is 1. The molecule has 0 spiro atoms. The van der Waals surface area contributed by atoms with Crippen molar-refractivity contribution in [1.82, 2.24) is 5.32 Å². The summed E-state index contributed by atoms with van der Waals surface area (Å²) in [5.74, 6) is 0.824. The van der Waals surface area contributed by atoms with Gasteiger partial charge >= 0.3 is 0 Å². The fourth-order valence-corrected chi connectivity index (χ4v) is 2.86. The minimum atomic E-state index is 0. The highest BCUT2D eigenvalue weighted by Crippen LogP contribution is 2.33. The smallest absolute Gasteiger partial charge is 0.227 e. The number of nitrogens with one attached hydrogen (secondary N) is 1. The number of aryl methyl sites for hydroxylation is 1. The molecule has 2 atom stereocenters. The van der Waals surface area contributed by atoms with E-state index in [1.54, 1.807) is 0 Å². The standard InChI is InChI=1S/C15H20N2O.ClH/c16-14(11-5-6-11)9-17-15(18)13-8-7-10-3-1-2-4-12(10)13;/h1-4,11,13-14H,5-9,16H2,(H,17,18);1H. The predicted octanol–water partition coefficient (Wildman–Crippen LogP) is 1.99. The first kappa shape index (κ1) is 14.4. The van der Waals surface area contributed by atoms with Gasteiger partial charge in [0.1, 0.15) is 0 Å². The zero-order chi connectivity index (χ0) is 12.5. The number of carbonyl (C=O) groups excluding carboxylic acids is 1. The number of hydrogen-bond donors (Lipinski definition) is 2. The largest absolute Gasteiger partial charge is 0.354 e. The second kappa shape index (κ2) is 5.93. The van der Waals surface area contributed by atoms with Crippen molar-refractivity contribution < 1.29 is 4.79 Å². The van der Waals surface area contributed by atoms with Crippen LogP contribution in [0.15, 0.2) is 24.3 Å². The van der Waals surface area contributed by atoms with Crippen molar-refractivity contribution in [3.63, 3.8) is 0 Å². The number of rotatable bonds is 4. The molecule has 0 bridgehead atoms. The van der Waals surface area contributed by atoms with E-state index in [2.05, 4.69) is 17.4 Å². The monoisotopic (exact) mass is 280 g/mol. The molecule has 0 radical (unpaired) electrons. The van der Waals surface area contributed by atoms with Gasteiger partial charge in [-0.25, -0.2) is 0 Å². The van der Waals surface area contributed by atoms with Gasteiger partial charge in [-0.2, -0.15) is 0 Å². The van der Waals surface area contributed by atoms with Crippen LogP contribution in [0.1, 0.15) is 36.3 Å². The first-order valence-corrected chi connectivity index (χ1v) is 6.87. The molecular weight excluding hydrogens is 260 g/mol. The summed E-state index contributed by atoms with van der Waals surface area (Å²) >= 11 is 0. The molecule has 19 heavy (non-hydrogen) atoms. The molecule has 2 aliphatic carbocycles. The van der Waals surface area contributed by atoms with Gasteiger partial charge in [0.15, 0.2) is 0 Å². The van der Waals surface area contributed by atoms with Crippen LogP contribution in [0.25, 0.3) is 0 Å². The summed E-state index contributed by atoms with van der Waals surface area (Å²) in [6.07, 6.45) is 4.40. The van der Waals surface area contributed by atoms with E-state index in [0.29, 0.717) is 12.5 Å². The third-order valence-electron chi connectivity index (χ3n) is 4.19. The van der Waals surface area contributed by atoms with Crippen molar-refractivity contribution in [2.75, 3.05) is 6.54 Å². The molecule has 0 heterocycles. The Morgan fingerprint density at radius 1 is 1.32 bits per heavy atom. The topological polar surface area (TPSA) is 55.1 Å². The highest BCUT2D eigenvalue weighted by molar-refractivity contribution is 5.85. The van der Waals surface area contributed by atoms with Crippen molar-refractivity contribution in [2.24, 2.45) is 11.7 Å². The normalized spacial score (nSPS) is 22.3. The van der Waals surface area contributed by atoms with Crippen LogP contribution in [0.5, 0.6) is 0 Å². The van der Waals surface area contributed by atoms with Crippen molar-refractivity contribution in [2.45, 2.75) is 37.6 Å². The quantitative estimate of drug-likeness (QED) is 0.886. The van der Waals surface area contributed by atoms with E-state index in [-0.39, 0.29) is 30.3 Å². The van der Waals surface area contributed by atoms with Gasteiger partial charge in [-0.15, -0.1) is 12.4 Å². The average Bonchev–Trinajstić information content (AvgIpc) is 3.15. The number of fused-ring (bicyclic) bond motifs is 1. The minimum absolute atomic E-state index is 0. The molecule has 3 nitrogen and oxygen atoms in total. The summed E-state index contributed by atoms with van der Waals surface area (Å²) in [5.41, 5.74) is 8.53. The fraction of sp³-hybridized carbons (Fsp3) is 0.533. The van der Waals surface area contributed by atoms with Crippen LogP contribution < -0.4 is 11.1 Å². The van der Waals surface area contributed by atoms with Crippen LogP contribution in [-0.2, 0) is 11.2 Å². The predicted molar refractivity (Wildman–Crippen MR) is 78.5 cm³/mol. The van der Waals surface area contributed by atoms with Crippen LogP contribution >= 0.6 is 12.4 Å². The molecule has 3 N–H and O–H groups in total. The summed E-state index contributed by atoms with van der Waals surface area (Å²) in [6, 6.07) is 8.40. The fourth-order valence-electron chi connectivity index (χ4n) is 2.86. The molecule has 0 aromatic heterocycles. The van der Waals surface area contributed by atoms with Crippen molar-refractivity contribution in [1.29, 1.82) is 0 Å².